The minimum Gasteiger partial charge on any atom is -0.375 e. The number of halogens is 2. The summed E-state index contributed by atoms with van der Waals surface area (Å²) in [4.78, 5) is 12.1. The van der Waals surface area contributed by atoms with E-state index in [2.05, 4.69) is 5.32 Å². The molecule has 1 atom stereocenters. The largest absolute Gasteiger partial charge is 0.375 e. The van der Waals surface area contributed by atoms with Gasteiger partial charge in [-0.3, -0.25) is 4.79 Å². The van der Waals surface area contributed by atoms with Crippen molar-refractivity contribution in [2.45, 2.75) is 19.4 Å². The SMILES string of the molecule is CO[C@H](CNC(=O)Cc1c(F)cccc1Cl)c1ccccc1C. The molecule has 122 valence electrons. The molecule has 2 aromatic carbocycles. The minimum atomic E-state index is -0.477. The molecule has 0 radical (unpaired) electrons. The van der Waals surface area contributed by atoms with E-state index in [1.807, 2.05) is 31.2 Å². The van der Waals surface area contributed by atoms with Crippen LogP contribution < -0.4 is 5.32 Å². The predicted molar refractivity (Wildman–Crippen MR) is 89.1 cm³/mol. The molecular weight excluding hydrogens is 317 g/mol. The summed E-state index contributed by atoms with van der Waals surface area (Å²) in [6.45, 7) is 2.30. The lowest BCUT2D eigenvalue weighted by Crippen LogP contribution is -2.30. The van der Waals surface area contributed by atoms with Gasteiger partial charge in [-0.2, -0.15) is 0 Å². The number of methoxy groups -OCH3 is 1. The van der Waals surface area contributed by atoms with E-state index in [1.54, 1.807) is 13.2 Å². The van der Waals surface area contributed by atoms with E-state index in [9.17, 15) is 9.18 Å². The van der Waals surface area contributed by atoms with Crippen LogP contribution in [-0.2, 0) is 16.0 Å². The lowest BCUT2D eigenvalue weighted by molar-refractivity contribution is -0.121. The number of rotatable bonds is 6. The Morgan fingerprint density at radius 1 is 1.26 bits per heavy atom. The Morgan fingerprint density at radius 3 is 2.65 bits per heavy atom. The molecule has 0 spiro atoms. The number of carbonyl (C=O) groups is 1. The first-order chi connectivity index (χ1) is 11.0. The number of nitrogens with one attached hydrogen (secondary N) is 1. The van der Waals surface area contributed by atoms with E-state index in [0.29, 0.717) is 6.54 Å². The molecule has 23 heavy (non-hydrogen) atoms. The Hall–Kier alpha value is -1.91. The number of amides is 1. The van der Waals surface area contributed by atoms with E-state index in [-0.39, 0.29) is 29.0 Å². The van der Waals surface area contributed by atoms with Crippen molar-refractivity contribution in [1.82, 2.24) is 5.32 Å². The van der Waals surface area contributed by atoms with Crippen LogP contribution in [0.15, 0.2) is 42.5 Å². The standard InChI is InChI=1S/C18H19ClFNO2/c1-12-6-3-4-7-13(12)17(23-2)11-21-18(22)10-14-15(19)8-5-9-16(14)20/h3-9,17H,10-11H2,1-2H3,(H,21,22)/t17-/m1/s1. The lowest BCUT2D eigenvalue weighted by Gasteiger charge is -2.18. The first-order valence-corrected chi connectivity index (χ1v) is 7.68. The van der Waals surface area contributed by atoms with Gasteiger partial charge in [0.2, 0.25) is 5.91 Å². The van der Waals surface area contributed by atoms with Crippen LogP contribution in [0.25, 0.3) is 0 Å². The fourth-order valence-electron chi connectivity index (χ4n) is 2.40. The van der Waals surface area contributed by atoms with Gasteiger partial charge in [-0.1, -0.05) is 41.9 Å². The molecule has 1 amide bonds. The zero-order valence-corrected chi connectivity index (χ0v) is 13.9. The van der Waals surface area contributed by atoms with E-state index in [1.165, 1.54) is 12.1 Å². The van der Waals surface area contributed by atoms with Gasteiger partial charge in [-0.25, -0.2) is 4.39 Å². The Morgan fingerprint density at radius 2 is 2.00 bits per heavy atom. The van der Waals surface area contributed by atoms with Crippen molar-refractivity contribution in [3.8, 4) is 0 Å². The first kappa shape index (κ1) is 17.4. The van der Waals surface area contributed by atoms with Crippen LogP contribution >= 0.6 is 11.6 Å². The Bertz CT molecular complexity index is 670. The minimum absolute atomic E-state index is 0.101. The molecule has 0 unspecified atom stereocenters. The molecule has 0 aliphatic rings. The third kappa shape index (κ3) is 4.53. The molecule has 0 fully saturated rings. The number of aryl methyl sites for hydroxylation is 1. The molecule has 0 heterocycles. The molecule has 2 aromatic rings. The zero-order chi connectivity index (χ0) is 16.8. The molecule has 0 aliphatic carbocycles. The summed E-state index contributed by atoms with van der Waals surface area (Å²) >= 11 is 5.94. The molecular formula is C18H19ClFNO2. The summed E-state index contributed by atoms with van der Waals surface area (Å²) in [5, 5.41) is 3.03. The van der Waals surface area contributed by atoms with Crippen molar-refractivity contribution < 1.29 is 13.9 Å². The molecule has 0 saturated heterocycles. The summed E-state index contributed by atoms with van der Waals surface area (Å²) in [5.41, 5.74) is 2.31. The molecule has 0 aromatic heterocycles. The van der Waals surface area contributed by atoms with Gasteiger partial charge in [-0.15, -0.1) is 0 Å². The van der Waals surface area contributed by atoms with Crippen molar-refractivity contribution >= 4 is 17.5 Å². The van der Waals surface area contributed by atoms with Crippen LogP contribution in [0.4, 0.5) is 4.39 Å². The number of hydrogen-bond donors (Lipinski definition) is 1. The van der Waals surface area contributed by atoms with Crippen LogP contribution in [0.2, 0.25) is 5.02 Å². The summed E-state index contributed by atoms with van der Waals surface area (Å²) in [5.74, 6) is -0.775. The molecule has 0 saturated carbocycles. The fraction of sp³-hybridized carbons (Fsp3) is 0.278. The van der Waals surface area contributed by atoms with Gasteiger partial charge in [-0.05, 0) is 30.2 Å². The van der Waals surface area contributed by atoms with Crippen LogP contribution in [0.5, 0.6) is 0 Å². The van der Waals surface area contributed by atoms with E-state index >= 15 is 0 Å². The summed E-state index contributed by atoms with van der Waals surface area (Å²) in [7, 11) is 1.59. The average molecular weight is 336 g/mol. The second-order valence-corrected chi connectivity index (χ2v) is 5.67. The third-order valence-electron chi connectivity index (χ3n) is 3.70. The topological polar surface area (TPSA) is 38.3 Å². The van der Waals surface area contributed by atoms with Gasteiger partial charge >= 0.3 is 0 Å². The highest BCUT2D eigenvalue weighted by Gasteiger charge is 2.16. The molecule has 5 heteroatoms. The van der Waals surface area contributed by atoms with Gasteiger partial charge in [0.1, 0.15) is 5.82 Å². The van der Waals surface area contributed by atoms with Crippen molar-refractivity contribution in [3.63, 3.8) is 0 Å². The first-order valence-electron chi connectivity index (χ1n) is 7.30. The Kier molecular flexibility index (Phi) is 6.13. The number of carbonyl (C=O) groups excluding carboxylic acids is 1. The quantitative estimate of drug-likeness (QED) is 0.871. The molecule has 0 aliphatic heterocycles. The Balaban J connectivity index is 1.99. The van der Waals surface area contributed by atoms with E-state index in [0.717, 1.165) is 11.1 Å². The number of hydrogen-bond acceptors (Lipinski definition) is 2. The maximum atomic E-state index is 13.7. The van der Waals surface area contributed by atoms with Crippen LogP contribution in [0, 0.1) is 12.7 Å². The summed E-state index contributed by atoms with van der Waals surface area (Å²) in [6.07, 6.45) is -0.355. The van der Waals surface area contributed by atoms with Crippen molar-refractivity contribution in [1.29, 1.82) is 0 Å². The van der Waals surface area contributed by atoms with Crippen molar-refractivity contribution in [3.05, 3.63) is 70.0 Å². The Labute approximate surface area is 140 Å². The van der Waals surface area contributed by atoms with Gasteiger partial charge in [0.05, 0.1) is 12.5 Å². The smallest absolute Gasteiger partial charge is 0.224 e. The van der Waals surface area contributed by atoms with Crippen LogP contribution in [0.3, 0.4) is 0 Å². The van der Waals surface area contributed by atoms with Gasteiger partial charge in [0, 0.05) is 24.2 Å². The molecule has 0 bridgehead atoms. The van der Waals surface area contributed by atoms with E-state index < -0.39 is 5.82 Å². The van der Waals surface area contributed by atoms with Crippen LogP contribution in [-0.4, -0.2) is 19.6 Å². The fourth-order valence-corrected chi connectivity index (χ4v) is 2.63. The van der Waals surface area contributed by atoms with Gasteiger partial charge < -0.3 is 10.1 Å². The highest BCUT2D eigenvalue weighted by molar-refractivity contribution is 6.31. The van der Waals surface area contributed by atoms with Gasteiger partial charge in [0.25, 0.3) is 0 Å². The van der Waals surface area contributed by atoms with Crippen LogP contribution in [0.1, 0.15) is 22.8 Å². The monoisotopic (exact) mass is 335 g/mol. The summed E-state index contributed by atoms with van der Waals surface area (Å²) < 4.78 is 19.2. The zero-order valence-electron chi connectivity index (χ0n) is 13.1. The maximum absolute atomic E-state index is 13.7. The molecule has 1 N–H and O–H groups in total. The van der Waals surface area contributed by atoms with Crippen molar-refractivity contribution in [2.75, 3.05) is 13.7 Å². The lowest BCUT2D eigenvalue weighted by atomic mass is 10.0. The average Bonchev–Trinajstić information content (AvgIpc) is 2.53. The van der Waals surface area contributed by atoms with Gasteiger partial charge in [0.15, 0.2) is 0 Å². The second kappa shape index (κ2) is 8.09. The summed E-state index contributed by atoms with van der Waals surface area (Å²) in [6, 6.07) is 12.2. The predicted octanol–water partition coefficient (Wildman–Crippen LogP) is 3.83. The normalized spacial score (nSPS) is 12.0. The van der Waals surface area contributed by atoms with Crippen molar-refractivity contribution in [2.24, 2.45) is 0 Å². The highest BCUT2D eigenvalue weighted by atomic mass is 35.5. The molecule has 3 nitrogen and oxygen atoms in total. The highest BCUT2D eigenvalue weighted by Crippen LogP contribution is 2.21. The second-order valence-electron chi connectivity index (χ2n) is 5.26. The number of ether oxygens (including phenoxy) is 1. The van der Waals surface area contributed by atoms with E-state index in [4.69, 9.17) is 16.3 Å². The number of benzene rings is 2. The third-order valence-corrected chi connectivity index (χ3v) is 4.06. The maximum Gasteiger partial charge on any atom is 0.224 e. The molecule has 2 rings (SSSR count).